The molecule has 2 rings (SSSR count). The molecule has 0 radical (unpaired) electrons. The van der Waals surface area contributed by atoms with Crippen LogP contribution < -0.4 is 11.1 Å². The van der Waals surface area contributed by atoms with Crippen LogP contribution in [0.5, 0.6) is 0 Å². The minimum Gasteiger partial charge on any atom is -0.368 e. The maximum atomic E-state index is 12.4. The fraction of sp³-hybridized carbons (Fsp3) is 0.545. The van der Waals surface area contributed by atoms with Crippen LogP contribution in [0.15, 0.2) is 12.3 Å². The van der Waals surface area contributed by atoms with Crippen molar-refractivity contribution >= 4 is 17.4 Å². The number of hydrogen-bond donors (Lipinski definition) is 2. The maximum Gasteiger partial charge on any atom is 0.417 e. The number of aromatic nitrogens is 1. The van der Waals surface area contributed by atoms with Gasteiger partial charge in [-0.1, -0.05) is 11.6 Å². The molecule has 0 aromatic carbocycles. The van der Waals surface area contributed by atoms with E-state index in [-0.39, 0.29) is 16.3 Å². The highest BCUT2D eigenvalue weighted by atomic mass is 35.5. The molecule has 0 amide bonds. The van der Waals surface area contributed by atoms with E-state index in [9.17, 15) is 13.2 Å². The van der Waals surface area contributed by atoms with E-state index < -0.39 is 11.7 Å². The number of anilines is 1. The SMILES string of the molecule is NCC1(CNc2ncc(C(F)(F)F)cc2Cl)CC1. The van der Waals surface area contributed by atoms with Crippen LogP contribution in [0.3, 0.4) is 0 Å². The fourth-order valence-electron chi connectivity index (χ4n) is 1.62. The van der Waals surface area contributed by atoms with Gasteiger partial charge in [0.05, 0.1) is 10.6 Å². The van der Waals surface area contributed by atoms with Crippen molar-refractivity contribution < 1.29 is 13.2 Å². The van der Waals surface area contributed by atoms with Gasteiger partial charge in [0.25, 0.3) is 0 Å². The van der Waals surface area contributed by atoms with E-state index in [1.54, 1.807) is 0 Å². The molecule has 1 aliphatic rings. The summed E-state index contributed by atoms with van der Waals surface area (Å²) in [6, 6.07) is 0.874. The molecule has 0 aliphatic heterocycles. The lowest BCUT2D eigenvalue weighted by Gasteiger charge is -2.15. The Balaban J connectivity index is 2.06. The number of nitrogens with zero attached hydrogens (tertiary/aromatic N) is 1. The summed E-state index contributed by atoms with van der Waals surface area (Å²) in [5, 5.41) is 2.92. The van der Waals surface area contributed by atoms with Crippen LogP contribution in [-0.2, 0) is 6.18 Å². The molecular weight excluding hydrogens is 267 g/mol. The third kappa shape index (κ3) is 2.87. The van der Waals surface area contributed by atoms with Gasteiger partial charge in [0.15, 0.2) is 0 Å². The second kappa shape index (κ2) is 4.59. The van der Waals surface area contributed by atoms with Crippen LogP contribution in [0.2, 0.25) is 5.02 Å². The van der Waals surface area contributed by atoms with Crippen molar-refractivity contribution in [3.63, 3.8) is 0 Å². The molecule has 1 saturated carbocycles. The number of pyridine rings is 1. The first kappa shape index (κ1) is 13.4. The molecule has 0 unspecified atom stereocenters. The topological polar surface area (TPSA) is 50.9 Å². The van der Waals surface area contributed by atoms with Gasteiger partial charge in [0, 0.05) is 12.7 Å². The first-order chi connectivity index (χ1) is 8.36. The third-order valence-corrected chi connectivity index (χ3v) is 3.48. The highest BCUT2D eigenvalue weighted by Crippen LogP contribution is 2.44. The van der Waals surface area contributed by atoms with E-state index in [1.807, 2.05) is 0 Å². The predicted molar refractivity (Wildman–Crippen MR) is 63.5 cm³/mol. The molecule has 1 aromatic heterocycles. The monoisotopic (exact) mass is 279 g/mol. The molecule has 3 N–H and O–H groups in total. The molecule has 0 bridgehead atoms. The zero-order valence-electron chi connectivity index (χ0n) is 9.52. The van der Waals surface area contributed by atoms with Crippen LogP contribution in [0.25, 0.3) is 0 Å². The van der Waals surface area contributed by atoms with Gasteiger partial charge in [-0.15, -0.1) is 0 Å². The van der Waals surface area contributed by atoms with Crippen molar-refractivity contribution in [1.82, 2.24) is 4.98 Å². The first-order valence-corrected chi connectivity index (χ1v) is 5.91. The van der Waals surface area contributed by atoms with Gasteiger partial charge < -0.3 is 11.1 Å². The second-order valence-electron chi connectivity index (χ2n) is 4.61. The Morgan fingerprint density at radius 3 is 2.56 bits per heavy atom. The molecule has 1 heterocycles. The minimum atomic E-state index is -4.43. The molecule has 0 spiro atoms. The lowest BCUT2D eigenvalue weighted by molar-refractivity contribution is -0.137. The van der Waals surface area contributed by atoms with Crippen molar-refractivity contribution in [1.29, 1.82) is 0 Å². The van der Waals surface area contributed by atoms with E-state index in [4.69, 9.17) is 17.3 Å². The second-order valence-corrected chi connectivity index (χ2v) is 5.02. The third-order valence-electron chi connectivity index (χ3n) is 3.19. The molecule has 1 aromatic rings. The number of nitrogens with two attached hydrogens (primary N) is 1. The minimum absolute atomic E-state index is 0.0300. The van der Waals surface area contributed by atoms with E-state index in [1.165, 1.54) is 0 Å². The van der Waals surface area contributed by atoms with E-state index in [0.29, 0.717) is 13.1 Å². The van der Waals surface area contributed by atoms with Crippen LogP contribution in [0.1, 0.15) is 18.4 Å². The Bertz CT molecular complexity index is 444. The van der Waals surface area contributed by atoms with Crippen molar-refractivity contribution in [2.24, 2.45) is 11.1 Å². The van der Waals surface area contributed by atoms with Gasteiger partial charge in [-0.05, 0) is 30.9 Å². The largest absolute Gasteiger partial charge is 0.417 e. The Morgan fingerprint density at radius 2 is 2.11 bits per heavy atom. The van der Waals surface area contributed by atoms with E-state index in [2.05, 4.69) is 10.3 Å². The lowest BCUT2D eigenvalue weighted by Crippen LogP contribution is -2.24. The Hall–Kier alpha value is -1.01. The fourth-order valence-corrected chi connectivity index (χ4v) is 1.86. The smallest absolute Gasteiger partial charge is 0.368 e. The zero-order chi connectivity index (χ0) is 13.4. The van der Waals surface area contributed by atoms with Gasteiger partial charge in [-0.25, -0.2) is 4.98 Å². The quantitative estimate of drug-likeness (QED) is 0.891. The summed E-state index contributed by atoms with van der Waals surface area (Å²) in [4.78, 5) is 3.71. The van der Waals surface area contributed by atoms with Crippen molar-refractivity contribution in [3.05, 3.63) is 22.8 Å². The summed E-state index contributed by atoms with van der Waals surface area (Å²) < 4.78 is 37.2. The van der Waals surface area contributed by atoms with Gasteiger partial charge in [0.1, 0.15) is 5.82 Å². The average Bonchev–Trinajstić information content (AvgIpc) is 3.07. The highest BCUT2D eigenvalue weighted by Gasteiger charge is 2.41. The van der Waals surface area contributed by atoms with Crippen molar-refractivity contribution in [2.45, 2.75) is 19.0 Å². The molecule has 1 aliphatic carbocycles. The van der Waals surface area contributed by atoms with E-state index in [0.717, 1.165) is 25.1 Å². The number of halogens is 4. The van der Waals surface area contributed by atoms with Gasteiger partial charge in [-0.2, -0.15) is 13.2 Å². The average molecular weight is 280 g/mol. The molecule has 18 heavy (non-hydrogen) atoms. The zero-order valence-corrected chi connectivity index (χ0v) is 10.3. The molecule has 7 heteroatoms. The van der Waals surface area contributed by atoms with Crippen molar-refractivity contribution in [3.8, 4) is 0 Å². The van der Waals surface area contributed by atoms with Crippen LogP contribution in [-0.4, -0.2) is 18.1 Å². The highest BCUT2D eigenvalue weighted by molar-refractivity contribution is 6.32. The summed E-state index contributed by atoms with van der Waals surface area (Å²) in [5.74, 6) is 0.268. The van der Waals surface area contributed by atoms with E-state index >= 15 is 0 Å². The summed E-state index contributed by atoms with van der Waals surface area (Å²) in [5.41, 5.74) is 4.82. The maximum absolute atomic E-state index is 12.4. The normalized spacial score (nSPS) is 17.6. The van der Waals surface area contributed by atoms with Gasteiger partial charge in [-0.3, -0.25) is 0 Å². The molecule has 100 valence electrons. The predicted octanol–water partition coefficient (Wildman–Crippen LogP) is 2.90. The summed E-state index contributed by atoms with van der Waals surface area (Å²) in [6.45, 7) is 1.14. The molecule has 1 fully saturated rings. The van der Waals surface area contributed by atoms with Gasteiger partial charge >= 0.3 is 6.18 Å². The summed E-state index contributed by atoms with van der Waals surface area (Å²) in [6.07, 6.45) is -1.61. The Morgan fingerprint density at radius 1 is 1.44 bits per heavy atom. The number of hydrogen-bond acceptors (Lipinski definition) is 3. The van der Waals surface area contributed by atoms with Crippen LogP contribution in [0.4, 0.5) is 19.0 Å². The molecular formula is C11H13ClF3N3. The standard InChI is InChI=1S/C11H13ClF3N3/c12-8-3-7(11(13,14)15)4-17-9(8)18-6-10(5-16)1-2-10/h3-4H,1-2,5-6,16H2,(H,17,18). The first-order valence-electron chi connectivity index (χ1n) is 5.53. The molecule has 0 atom stereocenters. The Labute approximate surface area is 108 Å². The summed E-state index contributed by atoms with van der Waals surface area (Å²) >= 11 is 5.77. The number of nitrogens with one attached hydrogen (secondary N) is 1. The van der Waals surface area contributed by atoms with Gasteiger partial charge in [0.2, 0.25) is 0 Å². The Kier molecular flexibility index (Phi) is 3.42. The summed E-state index contributed by atoms with van der Waals surface area (Å²) in [7, 11) is 0. The number of rotatable bonds is 4. The lowest BCUT2D eigenvalue weighted by atomic mass is 10.1. The molecule has 0 saturated heterocycles. The van der Waals surface area contributed by atoms with Crippen molar-refractivity contribution in [2.75, 3.05) is 18.4 Å². The number of alkyl halides is 3. The van der Waals surface area contributed by atoms with Crippen LogP contribution in [0, 0.1) is 5.41 Å². The van der Waals surface area contributed by atoms with Crippen LogP contribution >= 0.6 is 11.6 Å². The molecule has 3 nitrogen and oxygen atoms in total.